The molecule has 0 saturated carbocycles. The van der Waals surface area contributed by atoms with Crippen molar-refractivity contribution in [1.29, 1.82) is 0 Å². The van der Waals surface area contributed by atoms with Crippen molar-refractivity contribution in [3.8, 4) is 5.75 Å². The molecule has 1 aromatic rings. The molecule has 7 nitrogen and oxygen atoms in total. The molecule has 1 fully saturated rings. The molecule has 7 heteroatoms. The zero-order valence-corrected chi connectivity index (χ0v) is 11.6. The Morgan fingerprint density at radius 2 is 2.19 bits per heavy atom. The summed E-state index contributed by atoms with van der Waals surface area (Å²) in [5.41, 5.74) is 0.359. The maximum absolute atomic E-state index is 11.9. The number of hydrogen-bond acceptors (Lipinski definition) is 5. The first kappa shape index (κ1) is 14.8. The lowest BCUT2D eigenvalue weighted by Gasteiger charge is -2.12. The number of rotatable bonds is 6. The van der Waals surface area contributed by atoms with Crippen LogP contribution >= 0.6 is 0 Å². The molecule has 0 bridgehead atoms. The van der Waals surface area contributed by atoms with Gasteiger partial charge >= 0.3 is 12.0 Å². The summed E-state index contributed by atoms with van der Waals surface area (Å²) in [4.78, 5) is 35.5. The third-order valence-electron chi connectivity index (χ3n) is 2.87. The predicted octanol–water partition coefficient (Wildman–Crippen LogP) is 0.794. The van der Waals surface area contributed by atoms with Crippen molar-refractivity contribution < 1.29 is 23.9 Å². The van der Waals surface area contributed by atoms with E-state index in [-0.39, 0.29) is 25.6 Å². The quantitative estimate of drug-likeness (QED) is 0.619. The lowest BCUT2D eigenvalue weighted by atomic mass is 10.2. The molecule has 1 saturated heterocycles. The molecule has 1 N–H and O–H groups in total. The zero-order valence-electron chi connectivity index (χ0n) is 11.6. The van der Waals surface area contributed by atoms with Crippen LogP contribution < -0.4 is 10.1 Å². The lowest BCUT2D eigenvalue weighted by molar-refractivity contribution is -0.125. The van der Waals surface area contributed by atoms with E-state index < -0.39 is 12.0 Å². The van der Waals surface area contributed by atoms with Gasteiger partial charge in [-0.15, -0.1) is 0 Å². The molecule has 0 aliphatic carbocycles. The fourth-order valence-corrected chi connectivity index (χ4v) is 1.87. The number of amides is 3. The first-order valence-electron chi connectivity index (χ1n) is 6.60. The Morgan fingerprint density at radius 1 is 1.38 bits per heavy atom. The smallest absolute Gasteiger partial charge is 0.338 e. The SMILES string of the molecule is CCOc1cccc(C(=O)OCCN2C(=O)CNC2=O)c1. The fourth-order valence-electron chi connectivity index (χ4n) is 1.87. The maximum atomic E-state index is 11.9. The third-order valence-corrected chi connectivity index (χ3v) is 2.87. The average Bonchev–Trinajstić information content (AvgIpc) is 2.79. The average molecular weight is 292 g/mol. The Morgan fingerprint density at radius 3 is 2.86 bits per heavy atom. The van der Waals surface area contributed by atoms with Crippen LogP contribution in [0.25, 0.3) is 0 Å². The molecule has 0 aromatic heterocycles. The monoisotopic (exact) mass is 292 g/mol. The normalized spacial score (nSPS) is 14.0. The summed E-state index contributed by atoms with van der Waals surface area (Å²) in [6.07, 6.45) is 0. The number of imide groups is 1. The van der Waals surface area contributed by atoms with Crippen molar-refractivity contribution in [2.45, 2.75) is 6.92 Å². The van der Waals surface area contributed by atoms with Crippen LogP contribution in [0, 0.1) is 0 Å². The molecule has 1 aliphatic heterocycles. The Bertz CT molecular complexity index is 542. The van der Waals surface area contributed by atoms with Crippen LogP contribution in [-0.4, -0.2) is 49.1 Å². The summed E-state index contributed by atoms with van der Waals surface area (Å²) in [6.45, 7) is 2.34. The highest BCUT2D eigenvalue weighted by Gasteiger charge is 2.28. The number of nitrogens with zero attached hydrogens (tertiary/aromatic N) is 1. The van der Waals surface area contributed by atoms with Crippen molar-refractivity contribution in [3.05, 3.63) is 29.8 Å². The van der Waals surface area contributed by atoms with Gasteiger partial charge in [0.1, 0.15) is 12.4 Å². The number of hydrogen-bond donors (Lipinski definition) is 1. The van der Waals surface area contributed by atoms with Crippen LogP contribution in [-0.2, 0) is 9.53 Å². The predicted molar refractivity (Wildman–Crippen MR) is 73.0 cm³/mol. The van der Waals surface area contributed by atoms with Gasteiger partial charge in [-0.1, -0.05) is 6.07 Å². The molecule has 0 unspecified atom stereocenters. The second kappa shape index (κ2) is 6.74. The van der Waals surface area contributed by atoms with E-state index in [0.29, 0.717) is 17.9 Å². The molecule has 112 valence electrons. The van der Waals surface area contributed by atoms with E-state index in [2.05, 4.69) is 5.32 Å². The second-order valence-corrected chi connectivity index (χ2v) is 4.30. The molecular weight excluding hydrogens is 276 g/mol. The van der Waals surface area contributed by atoms with Crippen molar-refractivity contribution in [2.75, 3.05) is 26.3 Å². The van der Waals surface area contributed by atoms with Crippen molar-refractivity contribution in [1.82, 2.24) is 10.2 Å². The van der Waals surface area contributed by atoms with E-state index in [0.717, 1.165) is 4.90 Å². The zero-order chi connectivity index (χ0) is 15.2. The van der Waals surface area contributed by atoms with E-state index in [1.807, 2.05) is 6.92 Å². The highest BCUT2D eigenvalue weighted by molar-refractivity contribution is 6.01. The van der Waals surface area contributed by atoms with Gasteiger partial charge in [0, 0.05) is 0 Å². The standard InChI is InChI=1S/C14H16N2O5/c1-2-20-11-5-3-4-10(8-11)13(18)21-7-6-16-12(17)9-15-14(16)19/h3-5,8H,2,6-7,9H2,1H3,(H,15,19). The number of benzene rings is 1. The minimum Gasteiger partial charge on any atom is -0.494 e. The highest BCUT2D eigenvalue weighted by Crippen LogP contribution is 2.14. The second-order valence-electron chi connectivity index (χ2n) is 4.30. The van der Waals surface area contributed by atoms with Crippen LogP contribution in [0.5, 0.6) is 5.75 Å². The van der Waals surface area contributed by atoms with Gasteiger partial charge in [0.25, 0.3) is 0 Å². The summed E-state index contributed by atoms with van der Waals surface area (Å²) in [5, 5.41) is 2.39. The molecule has 1 aromatic carbocycles. The van der Waals surface area contributed by atoms with Crippen LogP contribution in [0.1, 0.15) is 17.3 Å². The van der Waals surface area contributed by atoms with E-state index >= 15 is 0 Å². The van der Waals surface area contributed by atoms with Gasteiger partial charge in [-0.25, -0.2) is 9.59 Å². The molecule has 2 rings (SSSR count). The lowest BCUT2D eigenvalue weighted by Crippen LogP contribution is -2.34. The van der Waals surface area contributed by atoms with E-state index in [4.69, 9.17) is 9.47 Å². The fraction of sp³-hybridized carbons (Fsp3) is 0.357. The number of esters is 1. The van der Waals surface area contributed by atoms with Gasteiger partial charge in [-0.3, -0.25) is 9.69 Å². The maximum Gasteiger partial charge on any atom is 0.338 e. The Labute approximate surface area is 121 Å². The molecule has 1 aliphatic rings. The van der Waals surface area contributed by atoms with E-state index in [1.54, 1.807) is 24.3 Å². The molecule has 3 amide bonds. The van der Waals surface area contributed by atoms with Crippen molar-refractivity contribution >= 4 is 17.9 Å². The van der Waals surface area contributed by atoms with Gasteiger partial charge in [-0.05, 0) is 25.1 Å². The van der Waals surface area contributed by atoms with Crippen molar-refractivity contribution in [3.63, 3.8) is 0 Å². The summed E-state index contributed by atoms with van der Waals surface area (Å²) >= 11 is 0. The Balaban J connectivity index is 1.85. The van der Waals surface area contributed by atoms with Gasteiger partial charge in [0.05, 0.1) is 25.3 Å². The Hall–Kier alpha value is -2.57. The number of urea groups is 1. The summed E-state index contributed by atoms with van der Waals surface area (Å²) < 4.78 is 10.3. The van der Waals surface area contributed by atoms with Crippen molar-refractivity contribution in [2.24, 2.45) is 0 Å². The van der Waals surface area contributed by atoms with Gasteiger partial charge in [0.2, 0.25) is 5.91 Å². The van der Waals surface area contributed by atoms with Crippen LogP contribution in [0.2, 0.25) is 0 Å². The molecule has 0 spiro atoms. The number of nitrogens with one attached hydrogen (secondary N) is 1. The number of ether oxygens (including phenoxy) is 2. The first-order chi connectivity index (χ1) is 10.1. The molecule has 0 radical (unpaired) electrons. The highest BCUT2D eigenvalue weighted by atomic mass is 16.5. The van der Waals surface area contributed by atoms with Gasteiger partial charge < -0.3 is 14.8 Å². The number of carbonyl (C=O) groups excluding carboxylic acids is 3. The molecule has 0 atom stereocenters. The first-order valence-corrected chi connectivity index (χ1v) is 6.60. The van der Waals surface area contributed by atoms with Crippen LogP contribution in [0.3, 0.4) is 0 Å². The van der Waals surface area contributed by atoms with Crippen LogP contribution in [0.15, 0.2) is 24.3 Å². The molecular formula is C14H16N2O5. The summed E-state index contributed by atoms with van der Waals surface area (Å²) in [5.74, 6) is -0.265. The number of carbonyl (C=O) groups is 3. The van der Waals surface area contributed by atoms with E-state index in [9.17, 15) is 14.4 Å². The molecule has 21 heavy (non-hydrogen) atoms. The minimum atomic E-state index is -0.524. The van der Waals surface area contributed by atoms with Gasteiger partial charge in [-0.2, -0.15) is 0 Å². The summed E-state index contributed by atoms with van der Waals surface area (Å²) in [6, 6.07) is 6.17. The Kier molecular flexibility index (Phi) is 4.76. The van der Waals surface area contributed by atoms with E-state index in [1.165, 1.54) is 0 Å². The topological polar surface area (TPSA) is 84.9 Å². The summed E-state index contributed by atoms with van der Waals surface area (Å²) in [7, 11) is 0. The van der Waals surface area contributed by atoms with Gasteiger partial charge in [0.15, 0.2) is 0 Å². The van der Waals surface area contributed by atoms with Crippen LogP contribution in [0.4, 0.5) is 4.79 Å². The third kappa shape index (κ3) is 3.71. The minimum absolute atomic E-state index is 0.0107. The molecule has 1 heterocycles. The largest absolute Gasteiger partial charge is 0.494 e.